The van der Waals surface area contributed by atoms with Gasteiger partial charge >= 0.3 is 10.2 Å². The Labute approximate surface area is 119 Å². The number of carbonyl (C=O) groups excluding carboxylic acids is 1. The molecule has 1 N–H and O–H groups in total. The number of hydrogen-bond donors (Lipinski definition) is 1. The van der Waals surface area contributed by atoms with Crippen LogP contribution in [0.15, 0.2) is 27.5 Å². The van der Waals surface area contributed by atoms with Crippen LogP contribution in [0.4, 0.5) is 5.69 Å². The van der Waals surface area contributed by atoms with Crippen molar-refractivity contribution in [2.75, 3.05) is 5.88 Å². The number of nitro benzene ring substituents is 1. The van der Waals surface area contributed by atoms with Crippen LogP contribution in [0, 0.1) is 17.0 Å². The van der Waals surface area contributed by atoms with Gasteiger partial charge in [-0.05, 0) is 13.0 Å². The number of isocyanates is 1. The van der Waals surface area contributed by atoms with Gasteiger partial charge in [-0.25, -0.2) is 13.2 Å². The molecule has 0 spiro atoms. The molecule has 1 aromatic carbocycles. The molecule has 1 rings (SSSR count). The molecule has 0 aromatic heterocycles. The van der Waals surface area contributed by atoms with Crippen molar-refractivity contribution >= 4 is 31.8 Å². The molecule has 0 amide bonds. The lowest BCUT2D eigenvalue weighted by atomic mass is 10.2. The quantitative estimate of drug-likeness (QED) is 0.327. The zero-order chi connectivity index (χ0) is 16.3. The number of nitrogens with one attached hydrogen (secondary N) is 1. The maximum atomic E-state index is 11.9. The Morgan fingerprint density at radius 3 is 2.48 bits per heavy atom. The van der Waals surface area contributed by atoms with Crippen LogP contribution in [-0.4, -0.2) is 33.7 Å². The summed E-state index contributed by atoms with van der Waals surface area (Å²) in [6.45, 7) is 1.43. The molecule has 0 radical (unpaired) electrons. The summed E-state index contributed by atoms with van der Waals surface area (Å²) in [7, 11) is -8.64. The first-order valence-corrected chi connectivity index (χ1v) is 8.25. The van der Waals surface area contributed by atoms with Crippen LogP contribution < -0.4 is 4.72 Å². The highest BCUT2D eigenvalue weighted by molar-refractivity contribution is 7.93. The summed E-state index contributed by atoms with van der Waals surface area (Å²) in [4.78, 5) is 19.4. The molecule has 0 saturated heterocycles. The maximum absolute atomic E-state index is 11.9. The Bertz CT molecular complexity index is 823. The van der Waals surface area contributed by atoms with Crippen LogP contribution in [-0.2, 0) is 24.8 Å². The van der Waals surface area contributed by atoms with E-state index in [-0.39, 0.29) is 5.56 Å². The van der Waals surface area contributed by atoms with E-state index in [4.69, 9.17) is 0 Å². The Morgan fingerprint density at radius 1 is 1.33 bits per heavy atom. The number of nitro groups is 1. The first-order chi connectivity index (χ1) is 9.59. The van der Waals surface area contributed by atoms with E-state index in [1.165, 1.54) is 13.0 Å². The van der Waals surface area contributed by atoms with Crippen LogP contribution in [0.3, 0.4) is 0 Å². The number of sulfone groups is 1. The average molecular weight is 335 g/mol. The van der Waals surface area contributed by atoms with Gasteiger partial charge in [0.15, 0.2) is 9.84 Å². The van der Waals surface area contributed by atoms with Gasteiger partial charge in [-0.2, -0.15) is 13.1 Å². The van der Waals surface area contributed by atoms with Gasteiger partial charge in [0.05, 0.1) is 9.82 Å². The number of hydrogen-bond acceptors (Lipinski definition) is 7. The van der Waals surface area contributed by atoms with E-state index in [0.29, 0.717) is 0 Å². The number of rotatable bonds is 6. The van der Waals surface area contributed by atoms with E-state index in [2.05, 4.69) is 4.40 Å². The highest BCUT2D eigenvalue weighted by Gasteiger charge is 2.22. The van der Waals surface area contributed by atoms with Crippen LogP contribution >= 0.6 is 0 Å². The van der Waals surface area contributed by atoms with E-state index in [9.17, 15) is 31.7 Å². The minimum absolute atomic E-state index is 0.255. The summed E-state index contributed by atoms with van der Waals surface area (Å²) in [6.07, 6.45) is 0.756. The number of benzene rings is 1. The molecule has 0 fully saturated rings. The average Bonchev–Trinajstić information content (AvgIpc) is 2.36. The van der Waals surface area contributed by atoms with Gasteiger partial charge in [0.2, 0.25) is 0 Å². The van der Waals surface area contributed by atoms with Crippen LogP contribution in [0.1, 0.15) is 5.56 Å². The van der Waals surface area contributed by atoms with Crippen molar-refractivity contribution in [2.24, 2.45) is 4.40 Å². The van der Waals surface area contributed by atoms with Crippen molar-refractivity contribution in [1.29, 1.82) is 0 Å². The van der Waals surface area contributed by atoms with E-state index in [1.54, 1.807) is 4.72 Å². The molecule has 0 atom stereocenters. The molecule has 12 heteroatoms. The van der Waals surface area contributed by atoms with Gasteiger partial charge in [0.25, 0.3) is 11.8 Å². The number of aryl methyl sites for hydroxylation is 1. The van der Waals surface area contributed by atoms with E-state index >= 15 is 0 Å². The largest absolute Gasteiger partial charge is 0.331 e. The van der Waals surface area contributed by atoms with Gasteiger partial charge in [-0.15, -0.1) is 0 Å². The van der Waals surface area contributed by atoms with E-state index < -0.39 is 41.4 Å². The van der Waals surface area contributed by atoms with Crippen molar-refractivity contribution in [3.63, 3.8) is 0 Å². The molecule has 10 nitrogen and oxygen atoms in total. The summed E-state index contributed by atoms with van der Waals surface area (Å²) in [6, 6.07) is 3.15. The third kappa shape index (κ3) is 4.43. The van der Waals surface area contributed by atoms with Crippen LogP contribution in [0.25, 0.3) is 0 Å². The third-order valence-electron chi connectivity index (χ3n) is 2.33. The second-order valence-corrected chi connectivity index (χ2v) is 7.18. The van der Waals surface area contributed by atoms with Crippen LogP contribution in [0.2, 0.25) is 0 Å². The molecule has 1 aromatic rings. The predicted molar refractivity (Wildman–Crippen MR) is 70.1 cm³/mol. The molecular formula is C9H9N3O7S2. The summed E-state index contributed by atoms with van der Waals surface area (Å²) >= 11 is 0. The molecule has 0 aliphatic rings. The topological polar surface area (TPSA) is 153 Å². The fourth-order valence-corrected chi connectivity index (χ4v) is 3.41. The maximum Gasteiger partial charge on any atom is 0.331 e. The van der Waals surface area contributed by atoms with Gasteiger partial charge in [-0.3, -0.25) is 10.1 Å². The lowest BCUT2D eigenvalue weighted by Crippen LogP contribution is -2.28. The van der Waals surface area contributed by atoms with Crippen molar-refractivity contribution < 1.29 is 26.6 Å². The third-order valence-corrected chi connectivity index (χ3v) is 4.83. The summed E-state index contributed by atoms with van der Waals surface area (Å²) in [5, 5.41) is 10.7. The van der Waals surface area contributed by atoms with Crippen LogP contribution in [0.5, 0.6) is 0 Å². The Kier molecular flexibility index (Phi) is 4.91. The molecule has 21 heavy (non-hydrogen) atoms. The predicted octanol–water partition coefficient (Wildman–Crippen LogP) is -0.195. The zero-order valence-corrected chi connectivity index (χ0v) is 12.1. The normalized spacial score (nSPS) is 11.7. The smallest absolute Gasteiger partial charge is 0.258 e. The van der Waals surface area contributed by atoms with E-state index in [1.807, 2.05) is 0 Å². The van der Waals surface area contributed by atoms with Gasteiger partial charge in [0, 0.05) is 11.6 Å². The number of nitrogens with zero attached hydrogens (tertiary/aromatic N) is 2. The standard InChI is InChI=1S/C9H9N3O7S2/c1-7-2-3-8(4-9(7)12(14)15)20(16,17)6-11-21(18,19)10-5-13/h2-4,11H,6H2,1H3. The van der Waals surface area contributed by atoms with Crippen molar-refractivity contribution in [2.45, 2.75) is 11.8 Å². The first-order valence-electron chi connectivity index (χ1n) is 5.15. The second kappa shape index (κ2) is 6.10. The van der Waals surface area contributed by atoms with Gasteiger partial charge in [-0.1, -0.05) is 10.5 Å². The molecule has 114 valence electrons. The second-order valence-electron chi connectivity index (χ2n) is 3.77. The van der Waals surface area contributed by atoms with Crippen molar-refractivity contribution in [3.8, 4) is 0 Å². The highest BCUT2D eigenvalue weighted by atomic mass is 32.2. The fraction of sp³-hybridized carbons (Fsp3) is 0.222. The summed E-state index contributed by atoms with van der Waals surface area (Å²) < 4.78 is 49.8. The lowest BCUT2D eigenvalue weighted by Gasteiger charge is -2.05. The van der Waals surface area contributed by atoms with Crippen molar-refractivity contribution in [3.05, 3.63) is 33.9 Å². The molecule has 0 saturated carbocycles. The molecule has 0 heterocycles. The Hall–Kier alpha value is -2.14. The monoisotopic (exact) mass is 335 g/mol. The van der Waals surface area contributed by atoms with Crippen molar-refractivity contribution in [1.82, 2.24) is 4.72 Å². The Morgan fingerprint density at radius 2 is 1.95 bits per heavy atom. The fourth-order valence-electron chi connectivity index (χ4n) is 1.30. The highest BCUT2D eigenvalue weighted by Crippen LogP contribution is 2.22. The lowest BCUT2D eigenvalue weighted by molar-refractivity contribution is -0.385. The van der Waals surface area contributed by atoms with Gasteiger partial charge in [0.1, 0.15) is 5.88 Å². The minimum atomic E-state index is -4.47. The molecular weight excluding hydrogens is 326 g/mol. The van der Waals surface area contributed by atoms with E-state index in [0.717, 1.165) is 18.2 Å². The molecule has 0 aliphatic heterocycles. The first kappa shape index (κ1) is 16.9. The zero-order valence-electron chi connectivity index (χ0n) is 10.5. The summed E-state index contributed by atoms with van der Waals surface area (Å²) in [5.41, 5.74) is -0.157. The van der Waals surface area contributed by atoms with Gasteiger partial charge < -0.3 is 0 Å². The summed E-state index contributed by atoms with van der Waals surface area (Å²) in [5.74, 6) is -1.10. The molecule has 0 aliphatic carbocycles. The minimum Gasteiger partial charge on any atom is -0.258 e. The SMILES string of the molecule is Cc1ccc(S(=O)(=O)CNS(=O)(=O)N=C=O)cc1[N+](=O)[O-]. The molecule has 0 unspecified atom stereocenters. The Balaban J connectivity index is 3.12. The molecule has 0 bridgehead atoms.